The Hall–Kier alpha value is -3.20. The molecule has 2 saturated heterocycles. The van der Waals surface area contributed by atoms with Gasteiger partial charge in [0, 0.05) is 69.3 Å². The van der Waals surface area contributed by atoms with Gasteiger partial charge < -0.3 is 14.5 Å². The number of piperazine rings is 1. The normalized spacial score (nSPS) is 19.5. The Balaban J connectivity index is 1.39. The lowest BCUT2D eigenvalue weighted by atomic mass is 10.1. The molecule has 9 heteroatoms. The van der Waals surface area contributed by atoms with Gasteiger partial charge in [-0.3, -0.25) is 9.97 Å². The second-order valence-corrected chi connectivity index (χ2v) is 7.08. The number of hydrogen-bond acceptors (Lipinski definition) is 9. The zero-order chi connectivity index (χ0) is 19.5. The molecule has 0 bridgehead atoms. The van der Waals surface area contributed by atoms with Crippen LogP contribution in [0.5, 0.6) is 0 Å². The maximum atomic E-state index is 5.94. The van der Waals surface area contributed by atoms with Gasteiger partial charge in [-0.2, -0.15) is 0 Å². The molecule has 2 aliphatic rings. The lowest BCUT2D eigenvalue weighted by Crippen LogP contribution is -2.47. The average Bonchev–Trinajstić information content (AvgIpc) is 3.35. The van der Waals surface area contributed by atoms with Gasteiger partial charge in [0.15, 0.2) is 0 Å². The number of anilines is 2. The molecule has 5 rings (SSSR count). The molecule has 3 aromatic rings. The van der Waals surface area contributed by atoms with E-state index in [-0.39, 0.29) is 6.10 Å². The minimum atomic E-state index is -0.0206. The molecule has 0 radical (unpaired) electrons. The van der Waals surface area contributed by atoms with Gasteiger partial charge in [-0.05, 0) is 18.9 Å². The van der Waals surface area contributed by atoms with Crippen LogP contribution in [0.3, 0.4) is 0 Å². The van der Waals surface area contributed by atoms with E-state index in [4.69, 9.17) is 9.72 Å². The molecule has 5 heterocycles. The average molecular weight is 390 g/mol. The Morgan fingerprint density at radius 3 is 2.31 bits per heavy atom. The van der Waals surface area contributed by atoms with Gasteiger partial charge in [-0.25, -0.2) is 19.9 Å². The predicted octanol–water partition coefficient (Wildman–Crippen LogP) is 1.90. The second kappa shape index (κ2) is 8.04. The first-order chi connectivity index (χ1) is 14.4. The first-order valence-corrected chi connectivity index (χ1v) is 9.90. The number of nitrogens with zero attached hydrogens (tertiary/aromatic N) is 8. The monoisotopic (exact) mass is 390 g/mol. The molecule has 0 N–H and O–H groups in total. The molecule has 148 valence electrons. The van der Waals surface area contributed by atoms with Crippen LogP contribution in [0.4, 0.5) is 11.9 Å². The van der Waals surface area contributed by atoms with Crippen molar-refractivity contribution in [2.45, 2.75) is 18.9 Å². The van der Waals surface area contributed by atoms with Crippen molar-refractivity contribution in [1.29, 1.82) is 0 Å². The Morgan fingerprint density at radius 1 is 0.828 bits per heavy atom. The highest BCUT2D eigenvalue weighted by Crippen LogP contribution is 2.34. The fraction of sp³-hybridized carbons (Fsp3) is 0.400. The van der Waals surface area contributed by atoms with Gasteiger partial charge in [0.1, 0.15) is 6.10 Å². The highest BCUT2D eigenvalue weighted by atomic mass is 16.5. The van der Waals surface area contributed by atoms with Crippen molar-refractivity contribution >= 4 is 11.9 Å². The summed E-state index contributed by atoms with van der Waals surface area (Å²) in [6, 6.07) is 1.83. The van der Waals surface area contributed by atoms with E-state index in [0.29, 0.717) is 0 Å². The lowest BCUT2D eigenvalue weighted by molar-refractivity contribution is 0.109. The molecule has 0 spiro atoms. The summed E-state index contributed by atoms with van der Waals surface area (Å²) in [5, 5.41) is 0. The molecule has 29 heavy (non-hydrogen) atoms. The van der Waals surface area contributed by atoms with Crippen molar-refractivity contribution in [1.82, 2.24) is 29.9 Å². The Kier molecular flexibility index (Phi) is 4.95. The molecule has 0 aliphatic carbocycles. The number of hydrogen-bond donors (Lipinski definition) is 0. The molecular formula is C20H22N8O. The van der Waals surface area contributed by atoms with Crippen molar-refractivity contribution in [2.75, 3.05) is 42.6 Å². The van der Waals surface area contributed by atoms with Crippen LogP contribution in [0.15, 0.2) is 43.2 Å². The van der Waals surface area contributed by atoms with Gasteiger partial charge in [0.25, 0.3) is 0 Å². The van der Waals surface area contributed by atoms with E-state index in [2.05, 4.69) is 34.7 Å². The van der Waals surface area contributed by atoms with Crippen molar-refractivity contribution < 1.29 is 4.74 Å². The summed E-state index contributed by atoms with van der Waals surface area (Å²) in [6.45, 7) is 4.05. The topological polar surface area (TPSA) is 93.1 Å². The molecule has 0 unspecified atom stereocenters. The van der Waals surface area contributed by atoms with Crippen molar-refractivity contribution in [3.63, 3.8) is 0 Å². The van der Waals surface area contributed by atoms with Gasteiger partial charge in [-0.15, -0.1) is 0 Å². The van der Waals surface area contributed by atoms with Crippen LogP contribution in [-0.4, -0.2) is 62.7 Å². The molecule has 1 atom stereocenters. The molecule has 0 amide bonds. The van der Waals surface area contributed by atoms with Crippen molar-refractivity contribution in [3.05, 3.63) is 48.9 Å². The Labute approximate surface area is 168 Å². The van der Waals surface area contributed by atoms with E-state index in [1.54, 1.807) is 31.0 Å². The summed E-state index contributed by atoms with van der Waals surface area (Å²) in [5.41, 5.74) is 2.57. The Morgan fingerprint density at radius 2 is 1.62 bits per heavy atom. The SMILES string of the molecule is c1cnc(N2CCN(c3ncc(-c4cnccn4)c([C@H]4CCCO4)n3)CC2)nc1. The van der Waals surface area contributed by atoms with Crippen LogP contribution in [0.1, 0.15) is 24.6 Å². The first kappa shape index (κ1) is 17.9. The number of rotatable bonds is 4. The van der Waals surface area contributed by atoms with Crippen LogP contribution in [0.2, 0.25) is 0 Å². The van der Waals surface area contributed by atoms with E-state index < -0.39 is 0 Å². The van der Waals surface area contributed by atoms with Crippen LogP contribution < -0.4 is 9.80 Å². The smallest absolute Gasteiger partial charge is 0.225 e. The zero-order valence-corrected chi connectivity index (χ0v) is 16.1. The van der Waals surface area contributed by atoms with Gasteiger partial charge >= 0.3 is 0 Å². The maximum Gasteiger partial charge on any atom is 0.225 e. The first-order valence-electron chi connectivity index (χ1n) is 9.90. The maximum absolute atomic E-state index is 5.94. The van der Waals surface area contributed by atoms with Crippen LogP contribution in [0.25, 0.3) is 11.3 Å². The molecule has 2 fully saturated rings. The molecule has 9 nitrogen and oxygen atoms in total. The van der Waals surface area contributed by atoms with E-state index in [1.165, 1.54) is 0 Å². The third-order valence-electron chi connectivity index (χ3n) is 5.28. The van der Waals surface area contributed by atoms with Gasteiger partial charge in [0.05, 0.1) is 17.6 Å². The lowest BCUT2D eigenvalue weighted by Gasteiger charge is -2.35. The largest absolute Gasteiger partial charge is 0.372 e. The standard InChI is InChI=1S/C20H22N8O/c1-3-17(29-12-1)18-15(16-14-21-6-7-22-16)13-25-20(26-18)28-10-8-27(9-11-28)19-23-4-2-5-24-19/h2,4-7,13-14,17H,1,3,8-12H2/t17-/m1/s1. The minimum Gasteiger partial charge on any atom is -0.372 e. The van der Waals surface area contributed by atoms with E-state index in [9.17, 15) is 0 Å². The quantitative estimate of drug-likeness (QED) is 0.662. The summed E-state index contributed by atoms with van der Waals surface area (Å²) >= 11 is 0. The number of ether oxygens (including phenoxy) is 1. The minimum absolute atomic E-state index is 0.0206. The van der Waals surface area contributed by atoms with Crippen LogP contribution >= 0.6 is 0 Å². The molecule has 0 aromatic carbocycles. The fourth-order valence-corrected chi connectivity index (χ4v) is 3.77. The van der Waals surface area contributed by atoms with Crippen LogP contribution in [0, 0.1) is 0 Å². The third-order valence-corrected chi connectivity index (χ3v) is 5.28. The predicted molar refractivity (Wildman–Crippen MR) is 107 cm³/mol. The van der Waals surface area contributed by atoms with Crippen LogP contribution in [-0.2, 0) is 4.74 Å². The van der Waals surface area contributed by atoms with Crippen molar-refractivity contribution in [2.24, 2.45) is 0 Å². The molecular weight excluding hydrogens is 368 g/mol. The van der Waals surface area contributed by atoms with Gasteiger partial charge in [0.2, 0.25) is 11.9 Å². The Bertz CT molecular complexity index is 941. The third kappa shape index (κ3) is 3.73. The second-order valence-electron chi connectivity index (χ2n) is 7.08. The summed E-state index contributed by atoms with van der Waals surface area (Å²) in [7, 11) is 0. The van der Waals surface area contributed by atoms with E-state index in [1.807, 2.05) is 12.3 Å². The van der Waals surface area contributed by atoms with E-state index in [0.717, 1.165) is 74.5 Å². The zero-order valence-electron chi connectivity index (χ0n) is 16.1. The molecule has 0 saturated carbocycles. The van der Waals surface area contributed by atoms with Crippen molar-refractivity contribution in [3.8, 4) is 11.3 Å². The molecule has 3 aromatic heterocycles. The summed E-state index contributed by atoms with van der Waals surface area (Å²) in [5.74, 6) is 1.50. The number of aromatic nitrogens is 6. The summed E-state index contributed by atoms with van der Waals surface area (Å²) in [6.07, 6.45) is 12.5. The summed E-state index contributed by atoms with van der Waals surface area (Å²) in [4.78, 5) is 31.3. The highest BCUT2D eigenvalue weighted by molar-refractivity contribution is 5.61. The summed E-state index contributed by atoms with van der Waals surface area (Å²) < 4.78 is 5.94. The van der Waals surface area contributed by atoms with Gasteiger partial charge in [-0.1, -0.05) is 0 Å². The van der Waals surface area contributed by atoms with E-state index >= 15 is 0 Å². The highest BCUT2D eigenvalue weighted by Gasteiger charge is 2.27. The fourth-order valence-electron chi connectivity index (χ4n) is 3.77. The molecule has 2 aliphatic heterocycles.